The number of benzene rings is 2. The highest BCUT2D eigenvalue weighted by Gasteiger charge is 2.23. The maximum Gasteiger partial charge on any atom is 0.246 e. The van der Waals surface area contributed by atoms with E-state index in [9.17, 15) is 4.79 Å². The molecule has 2 aromatic rings. The Morgan fingerprint density at radius 2 is 2.03 bits per heavy atom. The summed E-state index contributed by atoms with van der Waals surface area (Å²) < 4.78 is 10.7. The zero-order chi connectivity index (χ0) is 20.5. The van der Waals surface area contributed by atoms with Gasteiger partial charge in [0.1, 0.15) is 5.75 Å². The Bertz CT molecular complexity index is 853. The van der Waals surface area contributed by atoms with Gasteiger partial charge in [0, 0.05) is 51.2 Å². The number of para-hydroxylation sites is 1. The van der Waals surface area contributed by atoms with Crippen LogP contribution in [0.25, 0.3) is 0 Å². The molecule has 0 atom stereocenters. The SMILES string of the molecule is CN=C(NCC(=O)N1CCc2ccccc21)Nc1cccc(OCCCOC)c1. The summed E-state index contributed by atoms with van der Waals surface area (Å²) in [4.78, 5) is 18.7. The van der Waals surface area contributed by atoms with Crippen LogP contribution in [0.15, 0.2) is 53.5 Å². The molecule has 2 aromatic carbocycles. The maximum atomic E-state index is 12.7. The zero-order valence-electron chi connectivity index (χ0n) is 17.0. The van der Waals surface area contributed by atoms with Crippen molar-refractivity contribution in [2.24, 2.45) is 4.99 Å². The predicted octanol–water partition coefficient (Wildman–Crippen LogP) is 2.68. The largest absolute Gasteiger partial charge is 0.493 e. The van der Waals surface area contributed by atoms with E-state index in [1.807, 2.05) is 47.4 Å². The van der Waals surface area contributed by atoms with Crippen molar-refractivity contribution in [1.82, 2.24) is 5.32 Å². The standard InChI is InChI=1S/C22H28N4O3/c1-23-22(25-18-8-5-9-19(15-18)29-14-6-13-28-2)24-16-21(27)26-12-11-17-7-3-4-10-20(17)26/h3-5,7-10,15H,6,11-14,16H2,1-2H3,(H2,23,24,25). The Hall–Kier alpha value is -3.06. The molecule has 3 rings (SSSR count). The summed E-state index contributed by atoms with van der Waals surface area (Å²) in [5.74, 6) is 1.32. The number of ether oxygens (including phenoxy) is 2. The number of nitrogens with one attached hydrogen (secondary N) is 2. The van der Waals surface area contributed by atoms with Crippen LogP contribution in [-0.2, 0) is 16.0 Å². The Balaban J connectivity index is 1.51. The van der Waals surface area contributed by atoms with E-state index in [1.165, 1.54) is 5.56 Å². The lowest BCUT2D eigenvalue weighted by Gasteiger charge is -2.19. The molecule has 29 heavy (non-hydrogen) atoms. The fourth-order valence-electron chi connectivity index (χ4n) is 3.22. The van der Waals surface area contributed by atoms with E-state index in [2.05, 4.69) is 21.7 Å². The van der Waals surface area contributed by atoms with E-state index in [-0.39, 0.29) is 12.5 Å². The maximum absolute atomic E-state index is 12.7. The van der Waals surface area contributed by atoms with Crippen molar-refractivity contribution in [1.29, 1.82) is 0 Å². The van der Waals surface area contributed by atoms with E-state index >= 15 is 0 Å². The first-order valence-corrected chi connectivity index (χ1v) is 9.79. The van der Waals surface area contributed by atoms with Crippen LogP contribution in [0.5, 0.6) is 5.75 Å². The first-order valence-electron chi connectivity index (χ1n) is 9.79. The van der Waals surface area contributed by atoms with Crippen molar-refractivity contribution in [3.8, 4) is 5.75 Å². The van der Waals surface area contributed by atoms with Gasteiger partial charge in [-0.25, -0.2) is 0 Å². The van der Waals surface area contributed by atoms with Crippen LogP contribution in [0.4, 0.5) is 11.4 Å². The number of guanidine groups is 1. The molecule has 0 radical (unpaired) electrons. The normalized spacial score (nSPS) is 13.2. The van der Waals surface area contributed by atoms with Gasteiger partial charge in [-0.1, -0.05) is 24.3 Å². The third-order valence-corrected chi connectivity index (χ3v) is 4.68. The van der Waals surface area contributed by atoms with Gasteiger partial charge in [0.25, 0.3) is 0 Å². The molecule has 1 aliphatic rings. The first kappa shape index (κ1) is 20.7. The van der Waals surface area contributed by atoms with Crippen LogP contribution < -0.4 is 20.3 Å². The molecule has 0 fully saturated rings. The summed E-state index contributed by atoms with van der Waals surface area (Å²) in [5, 5.41) is 6.29. The second kappa shape index (κ2) is 10.5. The summed E-state index contributed by atoms with van der Waals surface area (Å²) in [6, 6.07) is 15.7. The van der Waals surface area contributed by atoms with Crippen LogP contribution in [0.1, 0.15) is 12.0 Å². The Kier molecular flexibility index (Phi) is 7.47. The molecule has 0 unspecified atom stereocenters. The summed E-state index contributed by atoms with van der Waals surface area (Å²) in [6.07, 6.45) is 1.73. The predicted molar refractivity (Wildman–Crippen MR) is 116 cm³/mol. The van der Waals surface area contributed by atoms with Crippen molar-refractivity contribution in [2.75, 3.05) is 50.7 Å². The molecule has 7 nitrogen and oxygen atoms in total. The topological polar surface area (TPSA) is 75.2 Å². The van der Waals surface area contributed by atoms with Gasteiger partial charge in [-0.3, -0.25) is 9.79 Å². The molecule has 0 aromatic heterocycles. The minimum atomic E-state index is 0.0214. The second-order valence-corrected chi connectivity index (χ2v) is 6.70. The number of rotatable bonds is 8. The highest BCUT2D eigenvalue weighted by Crippen LogP contribution is 2.27. The number of carbonyl (C=O) groups excluding carboxylic acids is 1. The van der Waals surface area contributed by atoms with Crippen molar-refractivity contribution in [3.05, 3.63) is 54.1 Å². The van der Waals surface area contributed by atoms with Crippen molar-refractivity contribution in [3.63, 3.8) is 0 Å². The molecule has 0 saturated heterocycles. The quantitative estimate of drug-likeness (QED) is 0.408. The van der Waals surface area contributed by atoms with E-state index in [0.717, 1.165) is 30.0 Å². The van der Waals surface area contributed by atoms with Gasteiger partial charge in [0.2, 0.25) is 5.91 Å². The summed E-state index contributed by atoms with van der Waals surface area (Å²) in [6.45, 7) is 2.15. The number of methoxy groups -OCH3 is 1. The highest BCUT2D eigenvalue weighted by molar-refractivity contribution is 6.01. The minimum absolute atomic E-state index is 0.0214. The van der Waals surface area contributed by atoms with Gasteiger partial charge >= 0.3 is 0 Å². The van der Waals surface area contributed by atoms with Gasteiger partial charge in [-0.05, 0) is 30.2 Å². The van der Waals surface area contributed by atoms with E-state index in [0.29, 0.717) is 25.7 Å². The summed E-state index contributed by atoms with van der Waals surface area (Å²) in [7, 11) is 3.35. The molecule has 2 N–H and O–H groups in total. The average Bonchev–Trinajstić information content (AvgIpc) is 3.18. The number of nitrogens with zero attached hydrogens (tertiary/aromatic N) is 2. The number of amides is 1. The first-order chi connectivity index (χ1) is 14.2. The monoisotopic (exact) mass is 396 g/mol. The molecule has 1 aliphatic heterocycles. The van der Waals surface area contributed by atoms with Crippen LogP contribution >= 0.6 is 0 Å². The minimum Gasteiger partial charge on any atom is -0.493 e. The Labute approximate surface area is 171 Å². The molecule has 0 aliphatic carbocycles. The molecule has 7 heteroatoms. The Morgan fingerprint density at radius 1 is 1.17 bits per heavy atom. The van der Waals surface area contributed by atoms with E-state index < -0.39 is 0 Å². The van der Waals surface area contributed by atoms with Crippen LogP contribution in [0.2, 0.25) is 0 Å². The third kappa shape index (κ3) is 5.71. The zero-order valence-corrected chi connectivity index (χ0v) is 17.0. The van der Waals surface area contributed by atoms with Crippen LogP contribution in [0, 0.1) is 0 Å². The average molecular weight is 396 g/mol. The third-order valence-electron chi connectivity index (χ3n) is 4.68. The van der Waals surface area contributed by atoms with E-state index in [1.54, 1.807) is 14.2 Å². The summed E-state index contributed by atoms with van der Waals surface area (Å²) in [5.41, 5.74) is 3.05. The van der Waals surface area contributed by atoms with Crippen molar-refractivity contribution >= 4 is 23.2 Å². The van der Waals surface area contributed by atoms with Gasteiger partial charge in [0.05, 0.1) is 13.2 Å². The molecule has 154 valence electrons. The Morgan fingerprint density at radius 3 is 2.86 bits per heavy atom. The lowest BCUT2D eigenvalue weighted by molar-refractivity contribution is -0.117. The van der Waals surface area contributed by atoms with Crippen molar-refractivity contribution in [2.45, 2.75) is 12.8 Å². The molecule has 1 heterocycles. The molecule has 0 saturated carbocycles. The molecule has 0 spiro atoms. The van der Waals surface area contributed by atoms with Gasteiger partial charge < -0.3 is 25.0 Å². The van der Waals surface area contributed by atoms with E-state index in [4.69, 9.17) is 9.47 Å². The van der Waals surface area contributed by atoms with Gasteiger partial charge in [-0.15, -0.1) is 0 Å². The van der Waals surface area contributed by atoms with Crippen LogP contribution in [0.3, 0.4) is 0 Å². The smallest absolute Gasteiger partial charge is 0.246 e. The fourth-order valence-corrected chi connectivity index (χ4v) is 3.22. The highest BCUT2D eigenvalue weighted by atomic mass is 16.5. The number of hydrogen-bond donors (Lipinski definition) is 2. The second-order valence-electron chi connectivity index (χ2n) is 6.70. The molecular weight excluding hydrogens is 368 g/mol. The number of carbonyl (C=O) groups is 1. The van der Waals surface area contributed by atoms with Gasteiger partial charge in [0.15, 0.2) is 5.96 Å². The van der Waals surface area contributed by atoms with Crippen LogP contribution in [-0.4, -0.2) is 52.3 Å². The number of hydrogen-bond acceptors (Lipinski definition) is 4. The van der Waals surface area contributed by atoms with Gasteiger partial charge in [-0.2, -0.15) is 0 Å². The molecule has 0 bridgehead atoms. The molecule has 1 amide bonds. The molecular formula is C22H28N4O3. The summed E-state index contributed by atoms with van der Waals surface area (Å²) >= 11 is 0. The lowest BCUT2D eigenvalue weighted by atomic mass is 10.2. The lowest BCUT2D eigenvalue weighted by Crippen LogP contribution is -2.41. The fraction of sp³-hybridized carbons (Fsp3) is 0.364. The number of fused-ring (bicyclic) bond motifs is 1. The number of anilines is 2. The number of aliphatic imine (C=N–C) groups is 1. The van der Waals surface area contributed by atoms with Crippen molar-refractivity contribution < 1.29 is 14.3 Å².